The first-order chi connectivity index (χ1) is 13.0. The van der Waals surface area contributed by atoms with Gasteiger partial charge in [0, 0.05) is 24.6 Å². The van der Waals surface area contributed by atoms with E-state index < -0.39 is 5.92 Å². The number of hydrogen-bond donors (Lipinski definition) is 0. The standard InChI is InChI=1S/C24H23F2N/c1-17-5-10-21(22(16-17)23-4-2-3-15-27-23)20-8-6-18(7-9-20)19-11-13-24(25,26)14-12-19/h2-10,15-16,19H,11-14H2,1H3. The Morgan fingerprint density at radius 2 is 1.63 bits per heavy atom. The van der Waals surface area contributed by atoms with Crippen LogP contribution >= 0.6 is 0 Å². The first kappa shape index (κ1) is 17.8. The van der Waals surface area contributed by atoms with Gasteiger partial charge in [0.15, 0.2) is 0 Å². The van der Waals surface area contributed by atoms with Crippen molar-refractivity contribution in [3.63, 3.8) is 0 Å². The Balaban J connectivity index is 1.63. The number of halogens is 2. The van der Waals surface area contributed by atoms with E-state index in [4.69, 9.17) is 0 Å². The minimum atomic E-state index is -2.48. The second-order valence-corrected chi connectivity index (χ2v) is 7.52. The molecule has 0 N–H and O–H groups in total. The summed E-state index contributed by atoms with van der Waals surface area (Å²) in [6.45, 7) is 2.08. The Bertz CT molecular complexity index is 907. The molecule has 0 atom stereocenters. The predicted octanol–water partition coefficient (Wildman–Crippen LogP) is 7.02. The van der Waals surface area contributed by atoms with Crippen molar-refractivity contribution in [1.82, 2.24) is 4.98 Å². The van der Waals surface area contributed by atoms with Crippen LogP contribution in [0.2, 0.25) is 0 Å². The number of rotatable bonds is 3. The Hall–Kier alpha value is -2.55. The van der Waals surface area contributed by atoms with E-state index in [1.807, 2.05) is 24.4 Å². The molecule has 27 heavy (non-hydrogen) atoms. The number of pyridine rings is 1. The Morgan fingerprint density at radius 3 is 2.30 bits per heavy atom. The lowest BCUT2D eigenvalue weighted by Gasteiger charge is -2.28. The normalized spacial score (nSPS) is 17.0. The van der Waals surface area contributed by atoms with Gasteiger partial charge in [0.05, 0.1) is 5.69 Å². The second kappa shape index (κ2) is 7.22. The highest BCUT2D eigenvalue weighted by molar-refractivity contribution is 5.82. The number of aryl methyl sites for hydroxylation is 1. The van der Waals surface area contributed by atoms with E-state index in [1.165, 1.54) is 11.1 Å². The van der Waals surface area contributed by atoms with Crippen LogP contribution in [-0.2, 0) is 0 Å². The van der Waals surface area contributed by atoms with Gasteiger partial charge in [-0.05, 0) is 60.6 Å². The fourth-order valence-electron chi connectivity index (χ4n) is 3.95. The fraction of sp³-hybridized carbons (Fsp3) is 0.292. The van der Waals surface area contributed by atoms with Gasteiger partial charge in [-0.25, -0.2) is 8.78 Å². The van der Waals surface area contributed by atoms with Crippen LogP contribution in [0, 0.1) is 6.92 Å². The van der Waals surface area contributed by atoms with Crippen LogP contribution in [0.3, 0.4) is 0 Å². The molecule has 138 valence electrons. The first-order valence-corrected chi connectivity index (χ1v) is 9.52. The lowest BCUT2D eigenvalue weighted by molar-refractivity contribution is -0.0382. The maximum absolute atomic E-state index is 13.4. The average molecular weight is 363 g/mol. The number of benzene rings is 2. The number of nitrogens with zero attached hydrogens (tertiary/aromatic N) is 1. The van der Waals surface area contributed by atoms with Crippen LogP contribution < -0.4 is 0 Å². The van der Waals surface area contributed by atoms with Gasteiger partial charge >= 0.3 is 0 Å². The molecule has 1 aliphatic rings. The minimum absolute atomic E-state index is 0.00120. The van der Waals surface area contributed by atoms with Gasteiger partial charge in [-0.1, -0.05) is 48.0 Å². The zero-order chi connectivity index (χ0) is 18.9. The van der Waals surface area contributed by atoms with E-state index in [-0.39, 0.29) is 18.8 Å². The van der Waals surface area contributed by atoms with Crippen LogP contribution in [0.1, 0.15) is 42.7 Å². The highest BCUT2D eigenvalue weighted by Crippen LogP contribution is 2.41. The third kappa shape index (κ3) is 3.92. The summed E-state index contributed by atoms with van der Waals surface area (Å²) in [6.07, 6.45) is 2.94. The summed E-state index contributed by atoms with van der Waals surface area (Å²) in [5.41, 5.74) is 6.69. The Kier molecular flexibility index (Phi) is 4.77. The van der Waals surface area contributed by atoms with Crippen molar-refractivity contribution in [1.29, 1.82) is 0 Å². The second-order valence-electron chi connectivity index (χ2n) is 7.52. The van der Waals surface area contributed by atoms with Gasteiger partial charge in [-0.2, -0.15) is 0 Å². The van der Waals surface area contributed by atoms with Crippen LogP contribution in [-0.4, -0.2) is 10.9 Å². The highest BCUT2D eigenvalue weighted by atomic mass is 19.3. The molecule has 1 saturated carbocycles. The molecule has 1 aliphatic carbocycles. The molecule has 4 rings (SSSR count). The van der Waals surface area contributed by atoms with Crippen molar-refractivity contribution in [3.05, 3.63) is 78.0 Å². The molecule has 1 nitrogen and oxygen atoms in total. The summed E-state index contributed by atoms with van der Waals surface area (Å²) >= 11 is 0. The van der Waals surface area contributed by atoms with Gasteiger partial charge < -0.3 is 0 Å². The van der Waals surface area contributed by atoms with Crippen LogP contribution in [0.15, 0.2) is 66.9 Å². The SMILES string of the molecule is Cc1ccc(-c2ccc(C3CCC(F)(F)CC3)cc2)c(-c2ccccn2)c1. The maximum atomic E-state index is 13.4. The number of hydrogen-bond acceptors (Lipinski definition) is 1. The molecule has 0 saturated heterocycles. The van der Waals surface area contributed by atoms with Gasteiger partial charge in [-0.15, -0.1) is 0 Å². The van der Waals surface area contributed by atoms with E-state index in [0.29, 0.717) is 12.8 Å². The molecule has 1 fully saturated rings. The van der Waals surface area contributed by atoms with Crippen molar-refractivity contribution in [2.45, 2.75) is 44.4 Å². The lowest BCUT2D eigenvalue weighted by atomic mass is 9.82. The monoisotopic (exact) mass is 363 g/mol. The average Bonchev–Trinajstić information content (AvgIpc) is 2.69. The quantitative estimate of drug-likeness (QED) is 0.487. The lowest BCUT2D eigenvalue weighted by Crippen LogP contribution is -2.23. The third-order valence-electron chi connectivity index (χ3n) is 5.53. The zero-order valence-electron chi connectivity index (χ0n) is 15.5. The van der Waals surface area contributed by atoms with Gasteiger partial charge in [0.25, 0.3) is 0 Å². The predicted molar refractivity (Wildman–Crippen MR) is 106 cm³/mol. The summed E-state index contributed by atoms with van der Waals surface area (Å²) in [7, 11) is 0. The molecular formula is C24H23F2N. The largest absolute Gasteiger partial charge is 0.256 e. The van der Waals surface area contributed by atoms with Crippen molar-refractivity contribution in [3.8, 4) is 22.4 Å². The highest BCUT2D eigenvalue weighted by Gasteiger charge is 2.35. The molecule has 3 aromatic rings. The fourth-order valence-corrected chi connectivity index (χ4v) is 3.95. The van der Waals surface area contributed by atoms with Crippen molar-refractivity contribution in [2.24, 2.45) is 0 Å². The molecule has 3 heteroatoms. The molecule has 0 bridgehead atoms. The summed E-state index contributed by atoms with van der Waals surface area (Å²) in [4.78, 5) is 4.51. The summed E-state index contributed by atoms with van der Waals surface area (Å²) < 4.78 is 26.8. The van der Waals surface area contributed by atoms with Crippen molar-refractivity contribution in [2.75, 3.05) is 0 Å². The van der Waals surface area contributed by atoms with Crippen molar-refractivity contribution < 1.29 is 8.78 Å². The topological polar surface area (TPSA) is 12.9 Å². The van der Waals surface area contributed by atoms with Crippen molar-refractivity contribution >= 4 is 0 Å². The Morgan fingerprint density at radius 1 is 0.889 bits per heavy atom. The van der Waals surface area contributed by atoms with E-state index in [9.17, 15) is 8.78 Å². The molecule has 0 spiro atoms. The van der Waals surface area contributed by atoms with E-state index in [0.717, 1.165) is 22.4 Å². The molecular weight excluding hydrogens is 340 g/mol. The van der Waals surface area contributed by atoms with Gasteiger partial charge in [-0.3, -0.25) is 4.98 Å². The first-order valence-electron chi connectivity index (χ1n) is 9.52. The third-order valence-corrected chi connectivity index (χ3v) is 5.53. The number of alkyl halides is 2. The van der Waals surface area contributed by atoms with Crippen LogP contribution in [0.4, 0.5) is 8.78 Å². The zero-order valence-corrected chi connectivity index (χ0v) is 15.5. The molecule has 1 aromatic heterocycles. The van der Waals surface area contributed by atoms with Crippen LogP contribution in [0.25, 0.3) is 22.4 Å². The maximum Gasteiger partial charge on any atom is 0.248 e. The van der Waals surface area contributed by atoms with E-state index in [2.05, 4.69) is 54.4 Å². The Labute approximate surface area is 159 Å². The van der Waals surface area contributed by atoms with Gasteiger partial charge in [0.1, 0.15) is 0 Å². The molecule has 0 unspecified atom stereocenters. The molecule has 0 radical (unpaired) electrons. The smallest absolute Gasteiger partial charge is 0.248 e. The van der Waals surface area contributed by atoms with E-state index in [1.54, 1.807) is 0 Å². The molecule has 0 amide bonds. The van der Waals surface area contributed by atoms with Crippen LogP contribution in [0.5, 0.6) is 0 Å². The molecule has 2 aromatic carbocycles. The molecule has 1 heterocycles. The number of aromatic nitrogens is 1. The summed E-state index contributed by atoms with van der Waals surface area (Å²) in [5, 5.41) is 0. The summed E-state index contributed by atoms with van der Waals surface area (Å²) in [6, 6.07) is 20.8. The molecule has 0 aliphatic heterocycles. The van der Waals surface area contributed by atoms with Gasteiger partial charge in [0.2, 0.25) is 5.92 Å². The summed E-state index contributed by atoms with van der Waals surface area (Å²) in [5.74, 6) is -2.23. The minimum Gasteiger partial charge on any atom is -0.256 e. The van der Waals surface area contributed by atoms with E-state index >= 15 is 0 Å².